The lowest BCUT2D eigenvalue weighted by molar-refractivity contribution is -0.140. The van der Waals surface area contributed by atoms with Crippen LogP contribution in [0.1, 0.15) is 28.3 Å². The molecule has 0 bridgehead atoms. The van der Waals surface area contributed by atoms with Crippen molar-refractivity contribution in [1.29, 1.82) is 0 Å². The van der Waals surface area contributed by atoms with Gasteiger partial charge in [-0.3, -0.25) is 9.59 Å². The van der Waals surface area contributed by atoms with Crippen LogP contribution in [0.3, 0.4) is 0 Å². The number of aliphatic hydroxyl groups excluding tert-OH is 1. The van der Waals surface area contributed by atoms with E-state index < -0.39 is 23.5 Å². The summed E-state index contributed by atoms with van der Waals surface area (Å²) >= 11 is 0. The molecule has 1 heterocycles. The Morgan fingerprint density at radius 2 is 1.78 bits per heavy atom. The lowest BCUT2D eigenvalue weighted by Crippen LogP contribution is -2.29. The van der Waals surface area contributed by atoms with Crippen molar-refractivity contribution in [1.82, 2.24) is 4.90 Å². The molecule has 162 valence electrons. The first-order valence-electron chi connectivity index (χ1n) is 10.1. The molecule has 5 nitrogen and oxygen atoms in total. The van der Waals surface area contributed by atoms with Crippen molar-refractivity contribution >= 4 is 17.4 Å². The third kappa shape index (κ3) is 3.87. The van der Waals surface area contributed by atoms with Gasteiger partial charge >= 0.3 is 0 Å². The number of hydrogen-bond acceptors (Lipinski definition) is 4. The average Bonchev–Trinajstić information content (AvgIpc) is 3.06. The molecular formula is C26H22FNO4. The minimum Gasteiger partial charge on any atom is -0.507 e. The number of rotatable bonds is 5. The molecule has 0 aliphatic carbocycles. The molecule has 1 fully saturated rings. The number of benzene rings is 3. The maximum Gasteiger partial charge on any atom is 0.295 e. The fourth-order valence-electron chi connectivity index (χ4n) is 3.94. The summed E-state index contributed by atoms with van der Waals surface area (Å²) < 4.78 is 19.0. The SMILES string of the molecule is COc1cccc(CN2C(=O)C(=O)/C(=C(\O)c3ccc(F)c(C)c3)C2c2ccccc2)c1. The minimum absolute atomic E-state index is 0.0184. The van der Waals surface area contributed by atoms with E-state index in [2.05, 4.69) is 0 Å². The van der Waals surface area contributed by atoms with E-state index in [1.54, 1.807) is 38.3 Å². The van der Waals surface area contributed by atoms with Gasteiger partial charge in [0.2, 0.25) is 0 Å². The Morgan fingerprint density at radius 1 is 1.03 bits per heavy atom. The van der Waals surface area contributed by atoms with Crippen LogP contribution in [0.4, 0.5) is 4.39 Å². The van der Waals surface area contributed by atoms with Crippen molar-refractivity contribution < 1.29 is 23.8 Å². The number of methoxy groups -OCH3 is 1. The average molecular weight is 431 g/mol. The fourth-order valence-corrected chi connectivity index (χ4v) is 3.94. The van der Waals surface area contributed by atoms with Crippen LogP contribution in [0.25, 0.3) is 5.76 Å². The smallest absolute Gasteiger partial charge is 0.295 e. The predicted octanol–water partition coefficient (Wildman–Crippen LogP) is 4.76. The second kappa shape index (κ2) is 8.67. The maximum absolute atomic E-state index is 13.7. The molecule has 1 N–H and O–H groups in total. The molecular weight excluding hydrogens is 409 g/mol. The summed E-state index contributed by atoms with van der Waals surface area (Å²) in [6.07, 6.45) is 0. The van der Waals surface area contributed by atoms with Crippen LogP contribution in [-0.4, -0.2) is 28.8 Å². The Morgan fingerprint density at radius 3 is 2.47 bits per heavy atom. The molecule has 1 aliphatic rings. The molecule has 1 saturated heterocycles. The number of aliphatic hydroxyl groups is 1. The van der Waals surface area contributed by atoms with Crippen LogP contribution in [0, 0.1) is 12.7 Å². The van der Waals surface area contributed by atoms with Crippen molar-refractivity contribution in [2.24, 2.45) is 0 Å². The van der Waals surface area contributed by atoms with E-state index in [0.717, 1.165) is 5.56 Å². The summed E-state index contributed by atoms with van der Waals surface area (Å²) in [6, 6.07) is 19.6. The number of halogens is 1. The molecule has 1 atom stereocenters. The monoisotopic (exact) mass is 431 g/mol. The molecule has 32 heavy (non-hydrogen) atoms. The zero-order chi connectivity index (χ0) is 22.8. The van der Waals surface area contributed by atoms with Crippen LogP contribution < -0.4 is 4.74 Å². The predicted molar refractivity (Wildman–Crippen MR) is 118 cm³/mol. The molecule has 4 rings (SSSR count). The van der Waals surface area contributed by atoms with E-state index in [0.29, 0.717) is 16.9 Å². The van der Waals surface area contributed by atoms with Crippen LogP contribution in [0.5, 0.6) is 5.75 Å². The highest BCUT2D eigenvalue weighted by Gasteiger charge is 2.46. The van der Waals surface area contributed by atoms with Gasteiger partial charge in [-0.2, -0.15) is 0 Å². The van der Waals surface area contributed by atoms with Gasteiger partial charge in [-0.1, -0.05) is 42.5 Å². The largest absolute Gasteiger partial charge is 0.507 e. The lowest BCUT2D eigenvalue weighted by Gasteiger charge is -2.25. The summed E-state index contributed by atoms with van der Waals surface area (Å²) in [7, 11) is 1.56. The van der Waals surface area contributed by atoms with Gasteiger partial charge in [0.15, 0.2) is 0 Å². The van der Waals surface area contributed by atoms with Gasteiger partial charge in [-0.25, -0.2) is 4.39 Å². The normalized spacial score (nSPS) is 17.6. The highest BCUT2D eigenvalue weighted by Crippen LogP contribution is 2.40. The number of Topliss-reactive ketones (excluding diaryl/α,β-unsaturated/α-hetero) is 1. The molecule has 0 radical (unpaired) electrons. The molecule has 1 aliphatic heterocycles. The molecule has 0 aromatic heterocycles. The molecule has 1 amide bonds. The van der Waals surface area contributed by atoms with Gasteiger partial charge in [0.05, 0.1) is 18.7 Å². The van der Waals surface area contributed by atoms with Gasteiger partial charge in [0, 0.05) is 12.1 Å². The Labute approximate surface area is 185 Å². The van der Waals surface area contributed by atoms with Gasteiger partial charge in [-0.05, 0) is 53.9 Å². The summed E-state index contributed by atoms with van der Waals surface area (Å²) in [5.74, 6) is -1.59. The van der Waals surface area contributed by atoms with Gasteiger partial charge in [0.1, 0.15) is 17.3 Å². The molecule has 3 aromatic rings. The third-order valence-electron chi connectivity index (χ3n) is 5.57. The molecule has 0 saturated carbocycles. The number of carbonyl (C=O) groups is 2. The van der Waals surface area contributed by atoms with E-state index in [4.69, 9.17) is 4.74 Å². The Hall–Kier alpha value is -3.93. The first-order chi connectivity index (χ1) is 15.4. The summed E-state index contributed by atoms with van der Waals surface area (Å²) in [5.41, 5.74) is 2.06. The van der Waals surface area contributed by atoms with Crippen molar-refractivity contribution in [3.05, 3.63) is 106 Å². The number of hydrogen-bond donors (Lipinski definition) is 1. The molecule has 1 unspecified atom stereocenters. The van der Waals surface area contributed by atoms with E-state index >= 15 is 0 Å². The standard InChI is InChI=1S/C26H22FNO4/c1-16-13-19(11-12-21(16)27)24(29)22-23(18-8-4-3-5-9-18)28(26(31)25(22)30)15-17-7-6-10-20(14-17)32-2/h3-14,23,29H,15H2,1-2H3/b24-22-. The number of ether oxygens (including phenoxy) is 1. The van der Waals surface area contributed by atoms with E-state index in [1.807, 2.05) is 30.3 Å². The Kier molecular flexibility index (Phi) is 5.77. The minimum atomic E-state index is -0.784. The van der Waals surface area contributed by atoms with Crippen molar-refractivity contribution in [3.8, 4) is 5.75 Å². The van der Waals surface area contributed by atoms with Crippen LogP contribution in [0.2, 0.25) is 0 Å². The zero-order valence-corrected chi connectivity index (χ0v) is 17.7. The summed E-state index contributed by atoms with van der Waals surface area (Å²) in [6.45, 7) is 1.72. The molecule has 0 spiro atoms. The molecule has 6 heteroatoms. The lowest BCUT2D eigenvalue weighted by atomic mass is 9.94. The molecule has 3 aromatic carbocycles. The van der Waals surface area contributed by atoms with Crippen molar-refractivity contribution in [2.45, 2.75) is 19.5 Å². The van der Waals surface area contributed by atoms with Gasteiger partial charge in [-0.15, -0.1) is 0 Å². The third-order valence-corrected chi connectivity index (χ3v) is 5.57. The fraction of sp³-hybridized carbons (Fsp3) is 0.154. The van der Waals surface area contributed by atoms with E-state index in [-0.39, 0.29) is 23.4 Å². The Bertz CT molecular complexity index is 1220. The number of aryl methyl sites for hydroxylation is 1. The second-order valence-corrected chi connectivity index (χ2v) is 7.65. The van der Waals surface area contributed by atoms with Crippen LogP contribution >= 0.6 is 0 Å². The van der Waals surface area contributed by atoms with Crippen LogP contribution in [-0.2, 0) is 16.1 Å². The summed E-state index contributed by atoms with van der Waals surface area (Å²) in [4.78, 5) is 27.6. The van der Waals surface area contributed by atoms with Crippen LogP contribution in [0.15, 0.2) is 78.4 Å². The highest BCUT2D eigenvalue weighted by molar-refractivity contribution is 6.46. The van der Waals surface area contributed by atoms with Crippen molar-refractivity contribution in [2.75, 3.05) is 7.11 Å². The van der Waals surface area contributed by atoms with Gasteiger partial charge in [0.25, 0.3) is 11.7 Å². The number of carbonyl (C=O) groups excluding carboxylic acids is 2. The topological polar surface area (TPSA) is 66.8 Å². The number of ketones is 1. The quantitative estimate of drug-likeness (QED) is 0.359. The summed E-state index contributed by atoms with van der Waals surface area (Å²) in [5, 5.41) is 11.1. The first-order valence-corrected chi connectivity index (χ1v) is 10.1. The van der Waals surface area contributed by atoms with Gasteiger partial charge < -0.3 is 14.7 Å². The maximum atomic E-state index is 13.7. The highest BCUT2D eigenvalue weighted by atomic mass is 19.1. The number of nitrogens with zero attached hydrogens (tertiary/aromatic N) is 1. The number of likely N-dealkylation sites (tertiary alicyclic amines) is 1. The number of amides is 1. The first kappa shape index (κ1) is 21.3. The zero-order valence-electron chi connectivity index (χ0n) is 17.7. The Balaban J connectivity index is 1.84. The van der Waals surface area contributed by atoms with E-state index in [1.165, 1.54) is 23.1 Å². The second-order valence-electron chi connectivity index (χ2n) is 7.65. The van der Waals surface area contributed by atoms with Crippen molar-refractivity contribution in [3.63, 3.8) is 0 Å². The van der Waals surface area contributed by atoms with E-state index in [9.17, 15) is 19.1 Å².